The molecule has 7 nitrogen and oxygen atoms in total. The molecule has 1 fully saturated rings. The van der Waals surface area contributed by atoms with E-state index in [9.17, 15) is 13.6 Å². The summed E-state index contributed by atoms with van der Waals surface area (Å²) in [6.45, 7) is 4.79. The molecular weight excluding hydrogens is 411 g/mol. The van der Waals surface area contributed by atoms with Crippen molar-refractivity contribution < 1.29 is 22.4 Å². The minimum absolute atomic E-state index is 0.202. The van der Waals surface area contributed by atoms with E-state index in [4.69, 9.17) is 4.42 Å². The van der Waals surface area contributed by atoms with Crippen LogP contribution >= 0.6 is 0 Å². The summed E-state index contributed by atoms with van der Waals surface area (Å²) in [6.07, 6.45) is 1.89. The molecule has 0 bridgehead atoms. The monoisotopic (exact) mass is 433 g/mol. The van der Waals surface area contributed by atoms with Crippen LogP contribution in [0, 0.1) is 12.7 Å². The average molecular weight is 433 g/mol. The Bertz CT molecular complexity index is 1100. The molecule has 31 heavy (non-hydrogen) atoms. The van der Waals surface area contributed by atoms with E-state index in [1.807, 2.05) is 0 Å². The number of aryl methyl sites for hydroxylation is 1. The maximum Gasteiger partial charge on any atom is 0.320 e. The summed E-state index contributed by atoms with van der Waals surface area (Å²) in [4.78, 5) is 22.4. The SMILES string of the molecule is Cc1c([C@@H](NC(=O)Nc2cnc(N3CC(F)C3)nc2)C(C)(C)F)oc2ccc(F)cc12. The van der Waals surface area contributed by atoms with Crippen LogP contribution < -0.4 is 15.5 Å². The van der Waals surface area contributed by atoms with Gasteiger partial charge in [-0.05, 0) is 39.0 Å². The Morgan fingerprint density at radius 3 is 2.58 bits per heavy atom. The minimum Gasteiger partial charge on any atom is -0.458 e. The highest BCUT2D eigenvalue weighted by molar-refractivity contribution is 5.89. The zero-order valence-electron chi connectivity index (χ0n) is 17.2. The van der Waals surface area contributed by atoms with Gasteiger partial charge in [-0.25, -0.2) is 27.9 Å². The Morgan fingerprint density at radius 1 is 1.29 bits per heavy atom. The van der Waals surface area contributed by atoms with Crippen molar-refractivity contribution in [3.05, 3.63) is 47.7 Å². The standard InChI is InChI=1S/C21H22F3N5O2/c1-11-15-6-12(22)4-5-16(15)31-17(11)18(21(2,3)24)28-20(30)27-14-7-25-19(26-8-14)29-9-13(23)10-29/h4-8,13,18H,9-10H2,1-3H3,(H2,27,28,30)/t18-/m1/s1. The quantitative estimate of drug-likeness (QED) is 0.622. The van der Waals surface area contributed by atoms with Crippen molar-refractivity contribution in [1.82, 2.24) is 15.3 Å². The number of aromatic nitrogens is 2. The van der Waals surface area contributed by atoms with Gasteiger partial charge < -0.3 is 20.0 Å². The van der Waals surface area contributed by atoms with Gasteiger partial charge in [0.25, 0.3) is 0 Å². The number of benzene rings is 1. The van der Waals surface area contributed by atoms with Crippen LogP contribution in [-0.4, -0.2) is 40.9 Å². The smallest absolute Gasteiger partial charge is 0.320 e. The lowest BCUT2D eigenvalue weighted by molar-refractivity contribution is 0.139. The highest BCUT2D eigenvalue weighted by Crippen LogP contribution is 2.36. The summed E-state index contributed by atoms with van der Waals surface area (Å²) in [6, 6.07) is 2.20. The number of halogens is 3. The molecule has 1 atom stereocenters. The molecule has 10 heteroatoms. The fourth-order valence-electron chi connectivity index (χ4n) is 3.47. The van der Waals surface area contributed by atoms with Crippen LogP contribution in [0.25, 0.3) is 11.0 Å². The molecule has 0 spiro atoms. The van der Waals surface area contributed by atoms with Gasteiger partial charge in [-0.3, -0.25) is 0 Å². The molecule has 1 aliphatic rings. The minimum atomic E-state index is -1.88. The molecule has 0 unspecified atom stereocenters. The largest absolute Gasteiger partial charge is 0.458 e. The number of nitrogens with one attached hydrogen (secondary N) is 2. The fraction of sp³-hybridized carbons (Fsp3) is 0.381. The second-order valence-electron chi connectivity index (χ2n) is 8.10. The van der Waals surface area contributed by atoms with E-state index >= 15 is 4.39 Å². The first kappa shape index (κ1) is 21.0. The average Bonchev–Trinajstić information content (AvgIpc) is 2.99. The number of hydrogen-bond donors (Lipinski definition) is 2. The van der Waals surface area contributed by atoms with Gasteiger partial charge in [-0.15, -0.1) is 0 Å². The summed E-state index contributed by atoms with van der Waals surface area (Å²) in [5, 5.41) is 5.64. The van der Waals surface area contributed by atoms with Crippen molar-refractivity contribution in [2.24, 2.45) is 0 Å². The summed E-state index contributed by atoms with van der Waals surface area (Å²) in [7, 11) is 0. The van der Waals surface area contributed by atoms with Crippen LogP contribution in [0.5, 0.6) is 0 Å². The molecule has 2 N–H and O–H groups in total. The predicted octanol–water partition coefficient (Wildman–Crippen LogP) is 4.44. The molecule has 2 aromatic heterocycles. The van der Waals surface area contributed by atoms with Gasteiger partial charge in [-0.1, -0.05) is 0 Å². The van der Waals surface area contributed by atoms with Crippen molar-refractivity contribution in [3.63, 3.8) is 0 Å². The molecule has 1 aliphatic heterocycles. The highest BCUT2D eigenvalue weighted by Gasteiger charge is 2.36. The zero-order chi connectivity index (χ0) is 22.3. The number of amides is 2. The first-order chi connectivity index (χ1) is 14.6. The van der Waals surface area contributed by atoms with E-state index < -0.39 is 29.7 Å². The van der Waals surface area contributed by atoms with Crippen LogP contribution in [0.1, 0.15) is 31.2 Å². The Morgan fingerprint density at radius 2 is 1.97 bits per heavy atom. The number of carbonyl (C=O) groups excluding carboxylic acids is 1. The number of nitrogens with zero attached hydrogens (tertiary/aromatic N) is 3. The molecular formula is C21H22F3N5O2. The molecule has 0 saturated carbocycles. The molecule has 2 amide bonds. The van der Waals surface area contributed by atoms with Crippen LogP contribution in [0.2, 0.25) is 0 Å². The first-order valence-electron chi connectivity index (χ1n) is 9.78. The lowest BCUT2D eigenvalue weighted by Crippen LogP contribution is -2.49. The van der Waals surface area contributed by atoms with E-state index in [0.717, 1.165) is 0 Å². The van der Waals surface area contributed by atoms with Crippen LogP contribution in [0.15, 0.2) is 35.0 Å². The van der Waals surface area contributed by atoms with Crippen LogP contribution in [0.4, 0.5) is 29.6 Å². The number of urea groups is 1. The summed E-state index contributed by atoms with van der Waals surface area (Å²) in [5.74, 6) is 0.134. The number of hydrogen-bond acceptors (Lipinski definition) is 5. The van der Waals surface area contributed by atoms with Crippen molar-refractivity contribution in [2.45, 2.75) is 38.7 Å². The second-order valence-corrected chi connectivity index (χ2v) is 8.10. The Labute approximate surface area is 176 Å². The number of furan rings is 1. The van der Waals surface area contributed by atoms with E-state index in [-0.39, 0.29) is 24.5 Å². The maximum atomic E-state index is 15.0. The lowest BCUT2D eigenvalue weighted by Gasteiger charge is -2.34. The number of anilines is 2. The summed E-state index contributed by atoms with van der Waals surface area (Å²) < 4.78 is 47.3. The van der Waals surface area contributed by atoms with Crippen molar-refractivity contribution in [2.75, 3.05) is 23.3 Å². The van der Waals surface area contributed by atoms with Gasteiger partial charge in [0, 0.05) is 10.9 Å². The summed E-state index contributed by atoms with van der Waals surface area (Å²) in [5.41, 5.74) is -0.651. The molecule has 0 aliphatic carbocycles. The van der Waals surface area contributed by atoms with E-state index in [2.05, 4.69) is 20.6 Å². The Balaban J connectivity index is 1.51. The molecule has 1 saturated heterocycles. The normalized spacial score (nSPS) is 15.6. The molecule has 3 aromatic rings. The van der Waals surface area contributed by atoms with E-state index in [1.54, 1.807) is 11.8 Å². The third-order valence-corrected chi connectivity index (χ3v) is 5.18. The van der Waals surface area contributed by atoms with Gasteiger partial charge in [0.05, 0.1) is 31.2 Å². The van der Waals surface area contributed by atoms with Crippen LogP contribution in [-0.2, 0) is 0 Å². The number of rotatable bonds is 5. The number of fused-ring (bicyclic) bond motifs is 1. The zero-order valence-corrected chi connectivity index (χ0v) is 17.2. The molecule has 164 valence electrons. The van der Waals surface area contributed by atoms with Crippen molar-refractivity contribution in [1.29, 1.82) is 0 Å². The van der Waals surface area contributed by atoms with Crippen molar-refractivity contribution >= 4 is 28.6 Å². The number of alkyl halides is 2. The Kier molecular flexibility index (Phi) is 5.24. The van der Waals surface area contributed by atoms with E-state index in [1.165, 1.54) is 44.4 Å². The topological polar surface area (TPSA) is 83.3 Å². The third-order valence-electron chi connectivity index (χ3n) is 5.18. The molecule has 3 heterocycles. The highest BCUT2D eigenvalue weighted by atomic mass is 19.1. The molecule has 4 rings (SSSR count). The maximum absolute atomic E-state index is 15.0. The predicted molar refractivity (Wildman–Crippen MR) is 110 cm³/mol. The van der Waals surface area contributed by atoms with Gasteiger partial charge >= 0.3 is 6.03 Å². The second kappa shape index (κ2) is 7.75. The Hall–Kier alpha value is -3.30. The third kappa shape index (κ3) is 4.28. The van der Waals surface area contributed by atoms with Gasteiger partial charge in [0.2, 0.25) is 5.95 Å². The van der Waals surface area contributed by atoms with Gasteiger partial charge in [0.15, 0.2) is 0 Å². The van der Waals surface area contributed by atoms with Crippen LogP contribution in [0.3, 0.4) is 0 Å². The lowest BCUT2D eigenvalue weighted by atomic mass is 9.95. The molecule has 1 aromatic carbocycles. The van der Waals surface area contributed by atoms with Gasteiger partial charge in [0.1, 0.15) is 35.0 Å². The number of carbonyl (C=O) groups is 1. The first-order valence-corrected chi connectivity index (χ1v) is 9.78. The summed E-state index contributed by atoms with van der Waals surface area (Å²) >= 11 is 0. The van der Waals surface area contributed by atoms with E-state index in [0.29, 0.717) is 22.5 Å². The molecule has 0 radical (unpaired) electrons. The van der Waals surface area contributed by atoms with Crippen molar-refractivity contribution in [3.8, 4) is 0 Å². The fourth-order valence-corrected chi connectivity index (χ4v) is 3.47. The van der Waals surface area contributed by atoms with Gasteiger partial charge in [-0.2, -0.15) is 0 Å².